The van der Waals surface area contributed by atoms with Crippen molar-refractivity contribution in [1.82, 2.24) is 10.3 Å². The summed E-state index contributed by atoms with van der Waals surface area (Å²) in [7, 11) is 0. The molecule has 4 rings (SSSR count). The maximum Gasteiger partial charge on any atom is 0.111 e. The van der Waals surface area contributed by atoms with Gasteiger partial charge >= 0.3 is 0 Å². The second-order valence-electron chi connectivity index (χ2n) is 5.27. The van der Waals surface area contributed by atoms with Crippen LogP contribution in [0.1, 0.15) is 40.8 Å². The Kier molecular flexibility index (Phi) is 2.98. The van der Waals surface area contributed by atoms with Gasteiger partial charge in [-0.05, 0) is 31.0 Å². The number of thiazole rings is 1. The molecule has 1 aliphatic heterocycles. The Morgan fingerprint density at radius 1 is 1.32 bits per heavy atom. The third-order valence-electron chi connectivity index (χ3n) is 4.03. The first-order valence-corrected chi connectivity index (χ1v) is 8.44. The van der Waals surface area contributed by atoms with Crippen molar-refractivity contribution in [1.29, 1.82) is 0 Å². The number of hydrogen-bond acceptors (Lipinski definition) is 3. The Labute approximate surface area is 125 Å². The largest absolute Gasteiger partial charge is 0.308 e. The van der Waals surface area contributed by atoms with Crippen LogP contribution in [-0.4, -0.2) is 11.5 Å². The summed E-state index contributed by atoms with van der Waals surface area (Å²) in [5.74, 6) is 0. The summed E-state index contributed by atoms with van der Waals surface area (Å²) in [6.45, 7) is 1.14. The highest BCUT2D eigenvalue weighted by Gasteiger charge is 2.27. The van der Waals surface area contributed by atoms with Crippen molar-refractivity contribution in [3.63, 3.8) is 0 Å². The molecule has 0 saturated carbocycles. The predicted octanol–water partition coefficient (Wildman–Crippen LogP) is 4.29. The van der Waals surface area contributed by atoms with E-state index >= 15 is 0 Å². The van der Waals surface area contributed by atoms with Crippen molar-refractivity contribution < 1.29 is 0 Å². The van der Waals surface area contributed by atoms with E-state index in [9.17, 15) is 0 Å². The van der Waals surface area contributed by atoms with E-state index in [1.807, 2.05) is 11.3 Å². The standard InChI is InChI=1S/C15H15BrN2S/c16-11-5-3-4-9-10(11)8-13-14(9)18-15(19-13)12-6-1-2-7-17-12/h3-5,12,17H,1-2,6-8H2. The van der Waals surface area contributed by atoms with Gasteiger partial charge in [-0.2, -0.15) is 0 Å². The molecule has 98 valence electrons. The lowest BCUT2D eigenvalue weighted by Crippen LogP contribution is -2.26. The van der Waals surface area contributed by atoms with E-state index in [4.69, 9.17) is 4.98 Å². The van der Waals surface area contributed by atoms with Crippen LogP contribution in [0.15, 0.2) is 22.7 Å². The fourth-order valence-electron chi connectivity index (χ4n) is 3.03. The molecule has 1 unspecified atom stereocenters. The van der Waals surface area contributed by atoms with Gasteiger partial charge in [0.2, 0.25) is 0 Å². The van der Waals surface area contributed by atoms with Crippen molar-refractivity contribution in [3.8, 4) is 11.3 Å². The number of aromatic nitrogens is 1. The number of fused-ring (bicyclic) bond motifs is 3. The van der Waals surface area contributed by atoms with E-state index in [0.29, 0.717) is 6.04 Å². The Balaban J connectivity index is 1.73. The third-order valence-corrected chi connectivity index (χ3v) is 5.95. The number of rotatable bonds is 1. The summed E-state index contributed by atoms with van der Waals surface area (Å²) in [4.78, 5) is 6.37. The van der Waals surface area contributed by atoms with Gasteiger partial charge in [0.15, 0.2) is 0 Å². The predicted molar refractivity (Wildman–Crippen MR) is 82.7 cm³/mol. The third kappa shape index (κ3) is 1.97. The number of benzene rings is 1. The molecule has 1 saturated heterocycles. The molecule has 1 atom stereocenters. The summed E-state index contributed by atoms with van der Waals surface area (Å²) in [6, 6.07) is 6.92. The first kappa shape index (κ1) is 12.1. The lowest BCUT2D eigenvalue weighted by atomic mass is 10.1. The maximum absolute atomic E-state index is 4.93. The number of hydrogen-bond donors (Lipinski definition) is 1. The fraction of sp³-hybridized carbons (Fsp3) is 0.400. The van der Waals surface area contributed by atoms with Crippen molar-refractivity contribution in [3.05, 3.63) is 38.1 Å². The van der Waals surface area contributed by atoms with Crippen LogP contribution in [0.5, 0.6) is 0 Å². The van der Waals surface area contributed by atoms with Crippen molar-refractivity contribution >= 4 is 27.3 Å². The first-order valence-electron chi connectivity index (χ1n) is 6.83. The Bertz CT molecular complexity index is 629. The summed E-state index contributed by atoms with van der Waals surface area (Å²) in [5.41, 5.74) is 3.95. The van der Waals surface area contributed by atoms with Crippen LogP contribution in [0.25, 0.3) is 11.3 Å². The van der Waals surface area contributed by atoms with Crippen molar-refractivity contribution in [2.45, 2.75) is 31.7 Å². The van der Waals surface area contributed by atoms with Gasteiger partial charge in [-0.3, -0.25) is 0 Å². The molecule has 1 N–H and O–H groups in total. The molecule has 2 nitrogen and oxygen atoms in total. The van der Waals surface area contributed by atoms with Crippen LogP contribution in [0, 0.1) is 0 Å². The van der Waals surface area contributed by atoms with Crippen LogP contribution in [-0.2, 0) is 6.42 Å². The van der Waals surface area contributed by atoms with Crippen molar-refractivity contribution in [2.75, 3.05) is 6.54 Å². The lowest BCUT2D eigenvalue weighted by molar-refractivity contribution is 0.411. The SMILES string of the molecule is Brc1cccc2c1Cc1sc(C3CCCCN3)nc1-2. The Morgan fingerprint density at radius 2 is 2.26 bits per heavy atom. The topological polar surface area (TPSA) is 24.9 Å². The highest BCUT2D eigenvalue weighted by Crippen LogP contribution is 2.43. The monoisotopic (exact) mass is 334 g/mol. The molecule has 0 radical (unpaired) electrons. The smallest absolute Gasteiger partial charge is 0.111 e. The molecule has 2 heterocycles. The molecular formula is C15H15BrN2S. The van der Waals surface area contributed by atoms with Gasteiger partial charge in [0, 0.05) is 21.3 Å². The summed E-state index contributed by atoms with van der Waals surface area (Å²) >= 11 is 5.55. The Hall–Kier alpha value is -0.710. The average molecular weight is 335 g/mol. The molecule has 0 bridgehead atoms. The summed E-state index contributed by atoms with van der Waals surface area (Å²) < 4.78 is 1.22. The number of nitrogens with one attached hydrogen (secondary N) is 1. The molecule has 1 aliphatic carbocycles. The van der Waals surface area contributed by atoms with Crippen LogP contribution >= 0.6 is 27.3 Å². The highest BCUT2D eigenvalue weighted by molar-refractivity contribution is 9.10. The van der Waals surface area contributed by atoms with Crippen LogP contribution in [0.4, 0.5) is 0 Å². The van der Waals surface area contributed by atoms with E-state index in [0.717, 1.165) is 13.0 Å². The molecule has 0 spiro atoms. The zero-order valence-electron chi connectivity index (χ0n) is 10.6. The molecule has 1 aromatic heterocycles. The summed E-state index contributed by atoms with van der Waals surface area (Å²) in [5, 5.41) is 4.89. The van der Waals surface area contributed by atoms with E-state index in [1.165, 1.54) is 50.4 Å². The number of halogens is 1. The second-order valence-corrected chi connectivity index (χ2v) is 7.24. The molecular weight excluding hydrogens is 320 g/mol. The quantitative estimate of drug-likeness (QED) is 0.717. The minimum absolute atomic E-state index is 0.486. The van der Waals surface area contributed by atoms with E-state index in [1.54, 1.807) is 0 Å². The van der Waals surface area contributed by atoms with Gasteiger partial charge < -0.3 is 5.32 Å². The van der Waals surface area contributed by atoms with E-state index in [-0.39, 0.29) is 0 Å². The minimum Gasteiger partial charge on any atom is -0.308 e. The van der Waals surface area contributed by atoms with Gasteiger partial charge in [-0.15, -0.1) is 11.3 Å². The second kappa shape index (κ2) is 4.69. The van der Waals surface area contributed by atoms with Crippen LogP contribution in [0.3, 0.4) is 0 Å². The van der Waals surface area contributed by atoms with Gasteiger partial charge in [0.1, 0.15) is 5.01 Å². The molecule has 2 aromatic rings. The van der Waals surface area contributed by atoms with E-state index < -0.39 is 0 Å². The number of piperidine rings is 1. The van der Waals surface area contributed by atoms with Gasteiger partial charge in [0.05, 0.1) is 11.7 Å². The maximum atomic E-state index is 4.93. The lowest BCUT2D eigenvalue weighted by Gasteiger charge is -2.21. The summed E-state index contributed by atoms with van der Waals surface area (Å²) in [6.07, 6.45) is 4.90. The zero-order chi connectivity index (χ0) is 12.8. The van der Waals surface area contributed by atoms with Gasteiger partial charge in [-0.25, -0.2) is 4.98 Å². The normalized spacial score (nSPS) is 21.2. The molecule has 1 fully saturated rings. The van der Waals surface area contributed by atoms with Crippen LogP contribution < -0.4 is 5.32 Å². The van der Waals surface area contributed by atoms with Gasteiger partial charge in [-0.1, -0.05) is 34.5 Å². The number of nitrogens with zero attached hydrogens (tertiary/aromatic N) is 1. The van der Waals surface area contributed by atoms with E-state index in [2.05, 4.69) is 39.4 Å². The van der Waals surface area contributed by atoms with Gasteiger partial charge in [0.25, 0.3) is 0 Å². The molecule has 1 aromatic carbocycles. The average Bonchev–Trinajstić information content (AvgIpc) is 2.99. The molecule has 2 aliphatic rings. The highest BCUT2D eigenvalue weighted by atomic mass is 79.9. The zero-order valence-corrected chi connectivity index (χ0v) is 13.0. The molecule has 19 heavy (non-hydrogen) atoms. The first-order chi connectivity index (χ1) is 9.33. The minimum atomic E-state index is 0.486. The molecule has 4 heteroatoms. The fourth-order valence-corrected chi connectivity index (χ4v) is 4.74. The Morgan fingerprint density at radius 3 is 3.11 bits per heavy atom. The van der Waals surface area contributed by atoms with Crippen molar-refractivity contribution in [2.24, 2.45) is 0 Å². The molecule has 0 amide bonds. The van der Waals surface area contributed by atoms with Crippen LogP contribution in [0.2, 0.25) is 0 Å².